The summed E-state index contributed by atoms with van der Waals surface area (Å²) in [4.78, 5) is 4.50. The molecule has 3 nitrogen and oxygen atoms in total. The van der Waals surface area contributed by atoms with Crippen molar-refractivity contribution in [3.8, 4) is 0 Å². The third kappa shape index (κ3) is 3.30. The summed E-state index contributed by atoms with van der Waals surface area (Å²) in [6.45, 7) is 1.39. The molecule has 0 spiro atoms. The first kappa shape index (κ1) is 14.4. The number of aliphatic hydroxyl groups excluding tert-OH is 1. The van der Waals surface area contributed by atoms with Crippen LogP contribution in [0.5, 0.6) is 0 Å². The minimum absolute atomic E-state index is 0.0495. The van der Waals surface area contributed by atoms with Gasteiger partial charge in [-0.1, -0.05) is 11.6 Å². The molecule has 1 saturated heterocycles. The van der Waals surface area contributed by atoms with Crippen LogP contribution in [0.3, 0.4) is 0 Å². The van der Waals surface area contributed by atoms with Gasteiger partial charge in [-0.3, -0.25) is 4.90 Å². The molecule has 0 bridgehead atoms. The molecule has 1 aromatic rings. The summed E-state index contributed by atoms with van der Waals surface area (Å²) in [6, 6.07) is 0.927. The number of H-pyrrole nitrogens is 1. The summed E-state index contributed by atoms with van der Waals surface area (Å²) in [5.74, 6) is 0.619. The Morgan fingerprint density at radius 1 is 1.47 bits per heavy atom. The number of pyridine rings is 1. The summed E-state index contributed by atoms with van der Waals surface area (Å²) in [5, 5.41) is 9.21. The van der Waals surface area contributed by atoms with E-state index >= 15 is 0 Å². The van der Waals surface area contributed by atoms with E-state index < -0.39 is 11.7 Å². The molecule has 106 valence electrons. The maximum Gasteiger partial charge on any atom is 0.419 e. The van der Waals surface area contributed by atoms with Crippen molar-refractivity contribution >= 4 is 17.4 Å². The monoisotopic (exact) mass is 295 g/mol. The van der Waals surface area contributed by atoms with Crippen molar-refractivity contribution in [1.82, 2.24) is 0 Å². The Hall–Kier alpha value is -1.01. The van der Waals surface area contributed by atoms with Crippen LogP contribution in [0, 0.1) is 5.92 Å². The average Bonchev–Trinajstić information content (AvgIpc) is 2.37. The number of nitrogens with zero attached hydrogens (tertiary/aromatic N) is 1. The number of anilines is 1. The van der Waals surface area contributed by atoms with Crippen LogP contribution in [0.15, 0.2) is 12.3 Å². The second-order valence-corrected chi connectivity index (χ2v) is 5.13. The van der Waals surface area contributed by atoms with E-state index in [9.17, 15) is 13.2 Å². The van der Waals surface area contributed by atoms with Crippen molar-refractivity contribution in [3.05, 3.63) is 22.8 Å². The minimum atomic E-state index is -4.41. The fourth-order valence-corrected chi connectivity index (χ4v) is 2.58. The van der Waals surface area contributed by atoms with Crippen LogP contribution in [-0.4, -0.2) is 24.8 Å². The van der Waals surface area contributed by atoms with Crippen molar-refractivity contribution in [2.24, 2.45) is 5.92 Å². The van der Waals surface area contributed by atoms with Crippen molar-refractivity contribution in [3.63, 3.8) is 0 Å². The number of hydrogen-bond donors (Lipinski definition) is 1. The molecule has 2 heterocycles. The fraction of sp³-hybridized carbons (Fsp3) is 0.583. The van der Waals surface area contributed by atoms with Crippen LogP contribution in [0.4, 0.5) is 19.0 Å². The molecule has 1 aromatic heterocycles. The fourth-order valence-electron chi connectivity index (χ4n) is 2.28. The van der Waals surface area contributed by atoms with Gasteiger partial charge in [0, 0.05) is 12.5 Å². The summed E-state index contributed by atoms with van der Waals surface area (Å²) in [6.07, 6.45) is -1.68. The first-order valence-electron chi connectivity index (χ1n) is 6.06. The smallest absolute Gasteiger partial charge is 0.396 e. The lowest BCUT2D eigenvalue weighted by molar-refractivity contribution is -0.367. The predicted molar refractivity (Wildman–Crippen MR) is 65.0 cm³/mol. The quantitative estimate of drug-likeness (QED) is 0.910. The van der Waals surface area contributed by atoms with Crippen LogP contribution in [0.2, 0.25) is 5.02 Å². The SMILES string of the molecule is OC[C@H]1CCCN(c2[nH+]cc(C(F)(F)F)cc2Cl)C1. The van der Waals surface area contributed by atoms with Gasteiger partial charge < -0.3 is 5.11 Å². The third-order valence-electron chi connectivity index (χ3n) is 3.29. The standard InChI is InChI=1S/C12H14ClF3N2O/c13-10-4-9(12(14,15)16)5-17-11(10)18-3-1-2-8(6-18)7-19/h4-5,8,19H,1-3,6-7H2/p+1/t8-/m0/s1. The highest BCUT2D eigenvalue weighted by Crippen LogP contribution is 2.33. The highest BCUT2D eigenvalue weighted by Gasteiger charge is 2.34. The van der Waals surface area contributed by atoms with Gasteiger partial charge in [-0.25, -0.2) is 4.98 Å². The van der Waals surface area contributed by atoms with E-state index in [0.717, 1.165) is 31.6 Å². The number of aliphatic hydroxyl groups is 1. The van der Waals surface area contributed by atoms with E-state index in [1.54, 1.807) is 0 Å². The Bertz CT molecular complexity index is 453. The molecule has 0 aromatic carbocycles. The van der Waals surface area contributed by atoms with Gasteiger partial charge in [0.2, 0.25) is 0 Å². The summed E-state index contributed by atoms with van der Waals surface area (Å²) in [5.41, 5.74) is -0.794. The Kier molecular flexibility index (Phi) is 4.20. The van der Waals surface area contributed by atoms with Crippen molar-refractivity contribution in [1.29, 1.82) is 0 Å². The number of nitrogens with one attached hydrogen (secondary N) is 1. The van der Waals surface area contributed by atoms with Gasteiger partial charge >= 0.3 is 6.18 Å². The molecule has 1 atom stereocenters. The topological polar surface area (TPSA) is 37.6 Å². The number of piperidine rings is 1. The van der Waals surface area contributed by atoms with Gasteiger partial charge in [0.25, 0.3) is 5.82 Å². The van der Waals surface area contributed by atoms with Crippen LogP contribution in [0.1, 0.15) is 18.4 Å². The summed E-state index contributed by atoms with van der Waals surface area (Å²) >= 11 is 5.92. The van der Waals surface area contributed by atoms with Crippen LogP contribution in [-0.2, 0) is 6.18 Å². The van der Waals surface area contributed by atoms with E-state index in [0.29, 0.717) is 12.4 Å². The zero-order valence-corrected chi connectivity index (χ0v) is 10.9. The Morgan fingerprint density at radius 2 is 2.21 bits per heavy atom. The number of hydrogen-bond acceptors (Lipinski definition) is 2. The maximum absolute atomic E-state index is 12.5. The van der Waals surface area contributed by atoms with Crippen LogP contribution >= 0.6 is 11.6 Å². The minimum Gasteiger partial charge on any atom is -0.396 e. The summed E-state index contributed by atoms with van der Waals surface area (Å²) < 4.78 is 37.6. The van der Waals surface area contributed by atoms with Crippen LogP contribution in [0.25, 0.3) is 0 Å². The highest BCUT2D eigenvalue weighted by molar-refractivity contribution is 6.32. The van der Waals surface area contributed by atoms with Gasteiger partial charge in [0.15, 0.2) is 0 Å². The molecule has 0 saturated carbocycles. The average molecular weight is 296 g/mol. The first-order chi connectivity index (χ1) is 8.91. The van der Waals surface area contributed by atoms with E-state index in [1.165, 1.54) is 0 Å². The van der Waals surface area contributed by atoms with Crippen molar-refractivity contribution < 1.29 is 23.3 Å². The number of aromatic nitrogens is 1. The zero-order valence-electron chi connectivity index (χ0n) is 10.2. The zero-order chi connectivity index (χ0) is 14.0. The molecular weight excluding hydrogens is 281 g/mol. The molecule has 0 radical (unpaired) electrons. The van der Waals surface area contributed by atoms with E-state index in [4.69, 9.17) is 16.7 Å². The van der Waals surface area contributed by atoms with E-state index in [1.807, 2.05) is 4.90 Å². The highest BCUT2D eigenvalue weighted by atomic mass is 35.5. The van der Waals surface area contributed by atoms with Gasteiger partial charge in [-0.05, 0) is 18.9 Å². The molecule has 2 N–H and O–H groups in total. The van der Waals surface area contributed by atoms with Crippen molar-refractivity contribution in [2.75, 3.05) is 24.6 Å². The number of halogens is 4. The Labute approximate surface area is 114 Å². The lowest BCUT2D eigenvalue weighted by atomic mass is 9.99. The second kappa shape index (κ2) is 5.54. The lowest BCUT2D eigenvalue weighted by Gasteiger charge is -2.27. The molecule has 2 rings (SSSR count). The van der Waals surface area contributed by atoms with E-state index in [-0.39, 0.29) is 17.5 Å². The molecule has 1 fully saturated rings. The van der Waals surface area contributed by atoms with Crippen molar-refractivity contribution in [2.45, 2.75) is 19.0 Å². The molecule has 0 unspecified atom stereocenters. The Morgan fingerprint density at radius 3 is 2.79 bits per heavy atom. The predicted octanol–water partition coefficient (Wildman–Crippen LogP) is 2.38. The molecule has 0 amide bonds. The molecule has 1 aliphatic heterocycles. The van der Waals surface area contributed by atoms with Gasteiger partial charge in [0.05, 0.1) is 18.7 Å². The normalized spacial score (nSPS) is 20.7. The van der Waals surface area contributed by atoms with Crippen LogP contribution < -0.4 is 9.88 Å². The number of aromatic amines is 1. The summed E-state index contributed by atoms with van der Waals surface area (Å²) in [7, 11) is 0. The number of alkyl halides is 3. The van der Waals surface area contributed by atoms with Gasteiger partial charge in [-0.2, -0.15) is 13.2 Å². The molecular formula is C12H15ClF3N2O+. The number of rotatable bonds is 2. The lowest BCUT2D eigenvalue weighted by Crippen LogP contribution is -2.40. The largest absolute Gasteiger partial charge is 0.419 e. The second-order valence-electron chi connectivity index (χ2n) is 4.72. The first-order valence-corrected chi connectivity index (χ1v) is 6.44. The third-order valence-corrected chi connectivity index (χ3v) is 3.58. The molecule has 0 aliphatic carbocycles. The Balaban J connectivity index is 2.21. The maximum atomic E-state index is 12.5. The molecule has 7 heteroatoms. The molecule has 1 aliphatic rings. The molecule has 19 heavy (non-hydrogen) atoms. The van der Waals surface area contributed by atoms with E-state index in [2.05, 4.69) is 4.98 Å². The van der Waals surface area contributed by atoms with Gasteiger partial charge in [0.1, 0.15) is 11.2 Å². The van der Waals surface area contributed by atoms with Gasteiger partial charge in [-0.15, -0.1) is 0 Å².